The van der Waals surface area contributed by atoms with Gasteiger partial charge in [0.2, 0.25) is 0 Å². The lowest BCUT2D eigenvalue weighted by molar-refractivity contribution is -0.123. The molecule has 98 heavy (non-hydrogen) atoms. The van der Waals surface area contributed by atoms with Crippen molar-refractivity contribution in [3.8, 4) is 0 Å². The third kappa shape index (κ3) is 36.3. The summed E-state index contributed by atoms with van der Waals surface area (Å²) >= 11 is 0. The summed E-state index contributed by atoms with van der Waals surface area (Å²) in [5.74, 6) is 1.92. The molecular weight excluding hydrogens is 1190 g/mol. The second-order valence-electron chi connectivity index (χ2n) is 30.5. The van der Waals surface area contributed by atoms with E-state index < -0.39 is 0 Å². The zero-order valence-electron chi connectivity index (χ0n) is 64.9. The summed E-state index contributed by atoms with van der Waals surface area (Å²) < 4.78 is 0. The van der Waals surface area contributed by atoms with Crippen molar-refractivity contribution in [2.45, 2.75) is 389 Å². The van der Waals surface area contributed by atoms with E-state index in [4.69, 9.17) is 0 Å². The van der Waals surface area contributed by atoms with Gasteiger partial charge in [-0.3, -0.25) is 19.2 Å². The molecule has 4 nitrogen and oxygen atoms in total. The summed E-state index contributed by atoms with van der Waals surface area (Å²) in [6.07, 6.45) is 58.3. The van der Waals surface area contributed by atoms with Gasteiger partial charge in [0, 0.05) is 49.4 Å². The van der Waals surface area contributed by atoms with Crippen LogP contribution in [0, 0.1) is 23.7 Å². The summed E-state index contributed by atoms with van der Waals surface area (Å²) in [7, 11) is 0. The van der Waals surface area contributed by atoms with Crippen molar-refractivity contribution in [2.24, 2.45) is 23.7 Å². The maximum atomic E-state index is 14.5. The van der Waals surface area contributed by atoms with Crippen LogP contribution in [0.1, 0.15) is 408 Å². The molecule has 0 aliphatic rings. The molecule has 0 heterocycles. The molecule has 4 heteroatoms. The van der Waals surface area contributed by atoms with E-state index in [1.165, 1.54) is 205 Å². The van der Waals surface area contributed by atoms with Crippen LogP contribution >= 0.6 is 0 Å². The first kappa shape index (κ1) is 85.7. The molecule has 4 aromatic rings. The highest BCUT2D eigenvalue weighted by Crippen LogP contribution is 2.39. The summed E-state index contributed by atoms with van der Waals surface area (Å²) in [5, 5.41) is 0. The Labute approximate surface area is 604 Å². The van der Waals surface area contributed by atoms with E-state index in [1.807, 2.05) is 0 Å². The van der Waals surface area contributed by atoms with Gasteiger partial charge in [-0.15, -0.1) is 0 Å². The second-order valence-corrected chi connectivity index (χ2v) is 30.5. The van der Waals surface area contributed by atoms with Crippen LogP contribution in [-0.4, -0.2) is 23.1 Å². The monoisotopic (exact) mass is 1340 g/mol. The molecule has 0 amide bonds. The van der Waals surface area contributed by atoms with E-state index in [2.05, 4.69) is 152 Å². The maximum Gasteiger partial charge on any atom is 0.140 e. The van der Waals surface area contributed by atoms with Crippen LogP contribution in [0.3, 0.4) is 0 Å². The van der Waals surface area contributed by atoms with Crippen LogP contribution in [0.5, 0.6) is 0 Å². The molecule has 0 aromatic heterocycles. The third-order valence-electron chi connectivity index (χ3n) is 21.8. The molecule has 0 radical (unpaired) electrons. The Morgan fingerprint density at radius 2 is 0.327 bits per heavy atom. The van der Waals surface area contributed by atoms with Crippen LogP contribution in [0.4, 0.5) is 0 Å². The van der Waals surface area contributed by atoms with Crippen LogP contribution < -0.4 is 0 Å². The minimum absolute atomic E-state index is 0.0996. The Morgan fingerprint density at radius 1 is 0.194 bits per heavy atom. The van der Waals surface area contributed by atoms with E-state index >= 15 is 0 Å². The standard InChI is InChI=1S/C94H148O4/c1-9-17-25-33-37-45-53-81(49-41-29-21-13-5)89(95)73-77-57-65-85(66-58-77)93(86-67-59-78(60-68-86)74-90(96)82(50-42-30-22-14-6)54-46-38-34-26-18-10-2)94(87-69-61-79(62-70-87)75-91(97)83(51-43-31-23-15-7)55-47-39-35-27-19-11-3)88-71-63-80(64-72-88)76-92(98)84(52-44-32-24-16-8)56-48-40-36-28-20-12-4/h57-72,81-84H,9-56,73-76H2,1-8H3. The Bertz CT molecular complexity index is 2300. The van der Waals surface area contributed by atoms with Crippen molar-refractivity contribution in [3.63, 3.8) is 0 Å². The van der Waals surface area contributed by atoms with Crippen molar-refractivity contribution in [1.82, 2.24) is 0 Å². The van der Waals surface area contributed by atoms with Crippen LogP contribution in [0.25, 0.3) is 11.1 Å². The van der Waals surface area contributed by atoms with E-state index in [0.29, 0.717) is 48.8 Å². The fourth-order valence-corrected chi connectivity index (χ4v) is 15.3. The van der Waals surface area contributed by atoms with Gasteiger partial charge in [-0.2, -0.15) is 0 Å². The van der Waals surface area contributed by atoms with Crippen LogP contribution in [-0.2, 0) is 44.9 Å². The average molecular weight is 1340 g/mol. The van der Waals surface area contributed by atoms with Gasteiger partial charge in [0.25, 0.3) is 0 Å². The molecule has 0 saturated heterocycles. The fourth-order valence-electron chi connectivity index (χ4n) is 15.3. The lowest BCUT2D eigenvalue weighted by Crippen LogP contribution is -2.17. The average Bonchev–Trinajstić information content (AvgIpc) is 0.780. The number of hydrogen-bond donors (Lipinski definition) is 0. The van der Waals surface area contributed by atoms with Crippen molar-refractivity contribution in [1.29, 1.82) is 0 Å². The molecule has 0 fully saturated rings. The van der Waals surface area contributed by atoms with E-state index in [-0.39, 0.29) is 23.7 Å². The molecule has 4 unspecified atom stereocenters. The molecule has 0 saturated carbocycles. The topological polar surface area (TPSA) is 68.3 Å². The highest BCUT2D eigenvalue weighted by Gasteiger charge is 2.25. The maximum absolute atomic E-state index is 14.5. The van der Waals surface area contributed by atoms with Gasteiger partial charge in [0.1, 0.15) is 23.1 Å². The van der Waals surface area contributed by atoms with Crippen LogP contribution in [0.2, 0.25) is 0 Å². The third-order valence-corrected chi connectivity index (χ3v) is 21.8. The van der Waals surface area contributed by atoms with Gasteiger partial charge in [-0.1, -0.05) is 409 Å². The van der Waals surface area contributed by atoms with Gasteiger partial charge in [-0.25, -0.2) is 0 Å². The number of hydrogen-bond acceptors (Lipinski definition) is 4. The number of unbranched alkanes of at least 4 members (excludes halogenated alkanes) is 32. The predicted octanol–water partition coefficient (Wildman–Crippen LogP) is 28.5. The van der Waals surface area contributed by atoms with Gasteiger partial charge in [0.05, 0.1) is 0 Å². The Morgan fingerprint density at radius 3 is 0.480 bits per heavy atom. The molecule has 4 rings (SSSR count). The van der Waals surface area contributed by atoms with Crippen molar-refractivity contribution in [3.05, 3.63) is 142 Å². The minimum atomic E-state index is 0.0996. The second kappa shape index (κ2) is 55.9. The van der Waals surface area contributed by atoms with Crippen molar-refractivity contribution in [2.75, 3.05) is 0 Å². The first-order valence-electron chi connectivity index (χ1n) is 42.3. The van der Waals surface area contributed by atoms with E-state index in [0.717, 1.165) is 158 Å². The zero-order valence-corrected chi connectivity index (χ0v) is 64.9. The number of Topliss-reactive ketones (excluding diaryl/α,β-unsaturated/α-hetero) is 4. The molecule has 0 aliphatic heterocycles. The number of benzene rings is 4. The first-order chi connectivity index (χ1) is 48.0. The Balaban J connectivity index is 1.89. The predicted molar refractivity (Wildman–Crippen MR) is 427 cm³/mol. The molecule has 4 aromatic carbocycles. The number of rotatable bonds is 64. The largest absolute Gasteiger partial charge is 0.299 e. The molecule has 4 atom stereocenters. The number of ketones is 4. The molecule has 548 valence electrons. The van der Waals surface area contributed by atoms with E-state index in [9.17, 15) is 19.2 Å². The van der Waals surface area contributed by atoms with Crippen molar-refractivity contribution >= 4 is 34.3 Å². The highest BCUT2D eigenvalue weighted by molar-refractivity contribution is 6.05. The van der Waals surface area contributed by atoms with Gasteiger partial charge >= 0.3 is 0 Å². The lowest BCUT2D eigenvalue weighted by atomic mass is 9.83. The van der Waals surface area contributed by atoms with Crippen LogP contribution in [0.15, 0.2) is 97.1 Å². The minimum Gasteiger partial charge on any atom is -0.299 e. The zero-order chi connectivity index (χ0) is 70.5. The molecular formula is C94H148O4. The summed E-state index contributed by atoms with van der Waals surface area (Å²) in [4.78, 5) is 58.0. The summed E-state index contributed by atoms with van der Waals surface area (Å²) in [5.41, 5.74) is 10.7. The molecule has 0 aliphatic carbocycles. The Kier molecular flexibility index (Phi) is 48.9. The van der Waals surface area contributed by atoms with Gasteiger partial charge < -0.3 is 0 Å². The Hall–Kier alpha value is -4.70. The van der Waals surface area contributed by atoms with Crippen molar-refractivity contribution < 1.29 is 19.2 Å². The summed E-state index contributed by atoms with van der Waals surface area (Å²) in [6, 6.07) is 35.7. The molecule has 0 N–H and O–H groups in total. The lowest BCUT2D eigenvalue weighted by Gasteiger charge is -2.20. The normalized spacial score (nSPS) is 12.8. The SMILES string of the molecule is CCCCCCCCC(CCCCCC)C(=O)Cc1ccc(C(=C(c2ccc(CC(=O)C(CCCCCC)CCCCCCCC)cc2)c2ccc(CC(=O)C(CCCCCC)CCCCCCCC)cc2)c2ccc(CC(=O)C(CCCCCC)CCCCCCCC)cc2)cc1. The fraction of sp³-hybridized carbons (Fsp3) is 0.681. The molecule has 0 spiro atoms. The number of carbonyl (C=O) groups is 4. The number of carbonyl (C=O) groups excluding carboxylic acids is 4. The smallest absolute Gasteiger partial charge is 0.140 e. The van der Waals surface area contributed by atoms with Gasteiger partial charge in [0.15, 0.2) is 0 Å². The van der Waals surface area contributed by atoms with Gasteiger partial charge in [-0.05, 0) is 107 Å². The highest BCUT2D eigenvalue weighted by atomic mass is 16.1. The van der Waals surface area contributed by atoms with E-state index in [1.54, 1.807) is 0 Å². The summed E-state index contributed by atoms with van der Waals surface area (Å²) in [6.45, 7) is 18.2. The molecule has 0 bridgehead atoms. The quantitative estimate of drug-likeness (QED) is 0.0326. The first-order valence-corrected chi connectivity index (χ1v) is 42.3.